The average Bonchev–Trinajstić information content (AvgIpc) is 3.36. The summed E-state index contributed by atoms with van der Waals surface area (Å²) < 4.78 is 6.26. The third-order valence-electron chi connectivity index (χ3n) is 10.3. The summed E-state index contributed by atoms with van der Waals surface area (Å²) in [7, 11) is 0. The van der Waals surface area contributed by atoms with Crippen molar-refractivity contribution in [2.75, 3.05) is 52.5 Å². The zero-order valence-electron chi connectivity index (χ0n) is 31.0. The van der Waals surface area contributed by atoms with Crippen LogP contribution in [0.25, 0.3) is 0 Å². The fourth-order valence-corrected chi connectivity index (χ4v) is 7.06. The van der Waals surface area contributed by atoms with Crippen LogP contribution in [0.15, 0.2) is 65.8 Å². The van der Waals surface area contributed by atoms with Crippen molar-refractivity contribution >= 4 is 41.0 Å². The number of amides is 3. The summed E-state index contributed by atoms with van der Waals surface area (Å²) in [5, 5.41) is 23.1. The highest BCUT2D eigenvalue weighted by Gasteiger charge is 2.60. The number of benzene rings is 2. The van der Waals surface area contributed by atoms with Crippen molar-refractivity contribution in [1.82, 2.24) is 25.0 Å². The van der Waals surface area contributed by atoms with Gasteiger partial charge in [-0.2, -0.15) is 0 Å². The molecule has 2 aromatic carbocycles. The number of piperazine rings is 1. The van der Waals surface area contributed by atoms with E-state index in [0.717, 1.165) is 16.8 Å². The van der Waals surface area contributed by atoms with Gasteiger partial charge in [-0.1, -0.05) is 68.2 Å². The van der Waals surface area contributed by atoms with Gasteiger partial charge in [0.2, 0.25) is 5.91 Å². The molecule has 3 heterocycles. The summed E-state index contributed by atoms with van der Waals surface area (Å²) in [5.41, 5.74) is -0.364. The minimum Gasteiger partial charge on any atom is -0.493 e. The highest BCUT2D eigenvalue weighted by molar-refractivity contribution is 6.30. The van der Waals surface area contributed by atoms with Crippen molar-refractivity contribution in [2.45, 2.75) is 70.5 Å². The number of hydrogen-bond acceptors (Lipinski definition) is 8. The number of carbonyl (C=O) groups is 2. The molecule has 52 heavy (non-hydrogen) atoms. The smallest absolute Gasteiger partial charge is 0.326 e. The monoisotopic (exact) mass is 752 g/mol. The number of aliphatic hydroxyl groups excluding tert-OH is 2. The van der Waals surface area contributed by atoms with Crippen molar-refractivity contribution < 1.29 is 24.5 Å². The van der Waals surface area contributed by atoms with E-state index in [1.54, 1.807) is 22.9 Å². The molecule has 13 heteroatoms. The van der Waals surface area contributed by atoms with Crippen LogP contribution in [-0.2, 0) is 21.3 Å². The Balaban J connectivity index is 1.60. The lowest BCUT2D eigenvalue weighted by molar-refractivity contribution is -0.125. The van der Waals surface area contributed by atoms with Gasteiger partial charge in [0, 0.05) is 59.6 Å². The van der Waals surface area contributed by atoms with E-state index in [4.69, 9.17) is 37.9 Å². The number of pyridine rings is 1. The second-order valence-corrected chi connectivity index (χ2v) is 16.0. The number of rotatable bonds is 10. The molecule has 3 amide bonds. The molecule has 5 rings (SSSR count). The number of amidine groups is 1. The summed E-state index contributed by atoms with van der Waals surface area (Å²) in [6.45, 7) is 15.1. The van der Waals surface area contributed by atoms with E-state index >= 15 is 4.79 Å². The maximum absolute atomic E-state index is 15.2. The van der Waals surface area contributed by atoms with E-state index < -0.39 is 29.8 Å². The van der Waals surface area contributed by atoms with E-state index in [-0.39, 0.29) is 23.9 Å². The van der Waals surface area contributed by atoms with Gasteiger partial charge in [-0.3, -0.25) is 24.6 Å². The molecule has 0 aliphatic carbocycles. The summed E-state index contributed by atoms with van der Waals surface area (Å²) in [4.78, 5) is 43.9. The Hall–Kier alpha value is -3.74. The first-order valence-electron chi connectivity index (χ1n) is 17.6. The minimum absolute atomic E-state index is 0.0642. The van der Waals surface area contributed by atoms with Crippen LogP contribution < -0.4 is 10.1 Å². The van der Waals surface area contributed by atoms with Crippen molar-refractivity contribution in [1.29, 1.82) is 0 Å². The molecule has 0 bridgehead atoms. The first kappa shape index (κ1) is 39.5. The Kier molecular flexibility index (Phi) is 11.6. The Morgan fingerprint density at radius 2 is 1.46 bits per heavy atom. The predicted octanol–water partition coefficient (Wildman–Crippen LogP) is 5.57. The van der Waals surface area contributed by atoms with Crippen LogP contribution in [0.4, 0.5) is 4.79 Å². The lowest BCUT2D eigenvalue weighted by Crippen LogP contribution is -2.61. The van der Waals surface area contributed by atoms with E-state index in [2.05, 4.69) is 26.1 Å². The van der Waals surface area contributed by atoms with E-state index in [0.29, 0.717) is 60.0 Å². The zero-order valence-corrected chi connectivity index (χ0v) is 32.6. The normalized spacial score (nSPS) is 21.2. The van der Waals surface area contributed by atoms with Gasteiger partial charge in [-0.15, -0.1) is 0 Å². The van der Waals surface area contributed by atoms with Gasteiger partial charge in [0.25, 0.3) is 0 Å². The van der Waals surface area contributed by atoms with Crippen LogP contribution in [0.2, 0.25) is 10.0 Å². The fourth-order valence-electron chi connectivity index (χ4n) is 6.80. The molecular weight excluding hydrogens is 703 g/mol. The highest BCUT2D eigenvalue weighted by Crippen LogP contribution is 2.54. The third kappa shape index (κ3) is 7.66. The van der Waals surface area contributed by atoms with Crippen LogP contribution in [0.5, 0.6) is 5.75 Å². The topological polar surface area (TPSA) is 131 Å². The van der Waals surface area contributed by atoms with Crippen LogP contribution in [0.1, 0.15) is 70.9 Å². The average molecular weight is 754 g/mol. The molecule has 2 aliphatic heterocycles. The van der Waals surface area contributed by atoms with Crippen molar-refractivity contribution in [3.8, 4) is 5.75 Å². The minimum atomic E-state index is -1.12. The number of aliphatic hydroxyl groups is 2. The predicted molar refractivity (Wildman–Crippen MR) is 204 cm³/mol. The molecule has 3 aromatic rings. The van der Waals surface area contributed by atoms with Gasteiger partial charge in [-0.25, -0.2) is 4.79 Å². The summed E-state index contributed by atoms with van der Waals surface area (Å²) in [6, 6.07) is 16.7. The van der Waals surface area contributed by atoms with Gasteiger partial charge in [-0.05, 0) is 63.1 Å². The quantitative estimate of drug-likeness (QED) is 0.247. The van der Waals surface area contributed by atoms with Gasteiger partial charge in [0.15, 0.2) is 0 Å². The molecule has 0 unspecified atom stereocenters. The number of aromatic nitrogens is 1. The molecule has 11 nitrogen and oxygen atoms in total. The number of nitrogens with zero attached hydrogens (tertiary/aromatic N) is 5. The van der Waals surface area contributed by atoms with Crippen LogP contribution in [-0.4, -0.2) is 106 Å². The summed E-state index contributed by atoms with van der Waals surface area (Å²) in [5.74, 6) is 0.680. The molecule has 0 spiro atoms. The maximum atomic E-state index is 15.2. The molecule has 280 valence electrons. The number of aliphatic imine (C=N–C) groups is 1. The number of hydrogen-bond donors (Lipinski definition) is 3. The number of urea groups is 1. The zero-order chi connectivity index (χ0) is 38.1. The van der Waals surface area contributed by atoms with Crippen LogP contribution in [0.3, 0.4) is 0 Å². The van der Waals surface area contributed by atoms with Crippen molar-refractivity contribution in [3.05, 3.63) is 93.2 Å². The second kappa shape index (κ2) is 15.3. The number of nitrogens with one attached hydrogen (secondary N) is 1. The van der Waals surface area contributed by atoms with Crippen LogP contribution in [0, 0.1) is 0 Å². The molecule has 2 aliphatic rings. The standard InChI is InChI=1S/C39H50Cl2N6O5/c1-8-52-31-21-32(36(2,3)4)42-22-30(31)34-44-38(6,26-9-13-28(40)14-10-26)39(7,27-11-15-29(41)16-12-27)47(34)35(51)46-19-17-45(18-20-46)23-33(50)43-37(5,24-48)25-49/h9-16,21-22,48-49H,8,17-20,23-25H2,1-7H3,(H,43,50)/t38-,39+/m0/s1. The Morgan fingerprint density at radius 3 is 1.98 bits per heavy atom. The van der Waals surface area contributed by atoms with E-state index in [9.17, 15) is 15.0 Å². The molecular formula is C39H50Cl2N6O5. The van der Waals surface area contributed by atoms with Gasteiger partial charge in [0.05, 0.1) is 37.5 Å². The maximum Gasteiger partial charge on any atom is 0.326 e. The third-order valence-corrected chi connectivity index (χ3v) is 10.8. The second-order valence-electron chi connectivity index (χ2n) is 15.1. The lowest BCUT2D eigenvalue weighted by atomic mass is 9.71. The summed E-state index contributed by atoms with van der Waals surface area (Å²) in [6.07, 6.45) is 1.75. The number of halogens is 2. The number of carbonyl (C=O) groups excluding carboxylic acids is 2. The molecule has 1 saturated heterocycles. The fraction of sp³-hybridized carbons (Fsp3) is 0.487. The Labute approximate surface area is 316 Å². The summed E-state index contributed by atoms with van der Waals surface area (Å²) >= 11 is 12.8. The molecule has 0 radical (unpaired) electrons. The first-order valence-corrected chi connectivity index (χ1v) is 18.3. The Morgan fingerprint density at radius 1 is 0.904 bits per heavy atom. The lowest BCUT2D eigenvalue weighted by Gasteiger charge is -2.47. The van der Waals surface area contributed by atoms with Crippen molar-refractivity contribution in [2.24, 2.45) is 4.99 Å². The van der Waals surface area contributed by atoms with E-state index in [1.807, 2.05) is 80.3 Å². The molecule has 3 N–H and O–H groups in total. The molecule has 1 fully saturated rings. The SMILES string of the molecule is CCOc1cc(C(C)(C)C)ncc1C1=N[C@@](C)(c2ccc(Cl)cc2)[C@@](C)(c2ccc(Cl)cc2)N1C(=O)N1CCN(CC(=O)NC(C)(CO)CO)CC1. The van der Waals surface area contributed by atoms with Gasteiger partial charge < -0.3 is 25.2 Å². The molecule has 2 atom stereocenters. The number of ether oxygens (including phenoxy) is 1. The molecule has 0 saturated carbocycles. The van der Waals surface area contributed by atoms with Crippen molar-refractivity contribution in [3.63, 3.8) is 0 Å². The van der Waals surface area contributed by atoms with Gasteiger partial charge in [0.1, 0.15) is 22.7 Å². The largest absolute Gasteiger partial charge is 0.493 e. The van der Waals surface area contributed by atoms with E-state index in [1.165, 1.54) is 0 Å². The van der Waals surface area contributed by atoms with Crippen LogP contribution >= 0.6 is 23.2 Å². The Bertz CT molecular complexity index is 1790. The van der Waals surface area contributed by atoms with Gasteiger partial charge >= 0.3 is 6.03 Å². The molecule has 1 aromatic heterocycles. The highest BCUT2D eigenvalue weighted by atomic mass is 35.5. The first-order chi connectivity index (χ1) is 24.5.